The highest BCUT2D eigenvalue weighted by atomic mass is 32.2. The van der Waals surface area contributed by atoms with Crippen molar-refractivity contribution in [1.82, 2.24) is 9.80 Å². The third-order valence-electron chi connectivity index (χ3n) is 4.02. The summed E-state index contributed by atoms with van der Waals surface area (Å²) in [5, 5.41) is 8.98. The summed E-state index contributed by atoms with van der Waals surface area (Å²) in [5.74, 6) is 1.45. The molecule has 0 aliphatic carbocycles. The van der Waals surface area contributed by atoms with E-state index in [9.17, 15) is 4.79 Å². The highest BCUT2D eigenvalue weighted by molar-refractivity contribution is 7.99. The molecule has 98 valence electrons. The van der Waals surface area contributed by atoms with E-state index in [1.54, 1.807) is 0 Å². The van der Waals surface area contributed by atoms with E-state index in [-0.39, 0.29) is 6.04 Å². The zero-order chi connectivity index (χ0) is 12.4. The van der Waals surface area contributed by atoms with Crippen LogP contribution in [0.2, 0.25) is 0 Å². The van der Waals surface area contributed by atoms with E-state index < -0.39 is 5.97 Å². The number of likely N-dealkylation sites (tertiary alicyclic amines) is 1. The molecule has 0 bridgehead atoms. The fourth-order valence-electron chi connectivity index (χ4n) is 2.93. The number of nitrogens with zero attached hydrogens (tertiary/aromatic N) is 2. The van der Waals surface area contributed by atoms with Gasteiger partial charge in [-0.1, -0.05) is 0 Å². The first-order valence-electron chi connectivity index (χ1n) is 6.33. The summed E-state index contributed by atoms with van der Waals surface area (Å²) in [7, 11) is 2.16. The summed E-state index contributed by atoms with van der Waals surface area (Å²) >= 11 is 1.89. The van der Waals surface area contributed by atoms with Crippen LogP contribution in [0.3, 0.4) is 0 Å². The highest BCUT2D eigenvalue weighted by Crippen LogP contribution is 2.27. The van der Waals surface area contributed by atoms with Crippen molar-refractivity contribution in [2.45, 2.75) is 37.9 Å². The Hall–Kier alpha value is -0.260. The van der Waals surface area contributed by atoms with Crippen molar-refractivity contribution < 1.29 is 9.90 Å². The van der Waals surface area contributed by atoms with Crippen molar-refractivity contribution in [1.29, 1.82) is 0 Å². The van der Waals surface area contributed by atoms with Gasteiger partial charge in [0, 0.05) is 42.7 Å². The Morgan fingerprint density at radius 1 is 1.53 bits per heavy atom. The third-order valence-corrected chi connectivity index (χ3v) is 5.11. The van der Waals surface area contributed by atoms with Gasteiger partial charge in [0.25, 0.3) is 0 Å². The molecular weight excluding hydrogens is 236 g/mol. The average Bonchev–Trinajstić information content (AvgIpc) is 2.59. The second kappa shape index (κ2) is 5.59. The number of hydrogen-bond acceptors (Lipinski definition) is 4. The smallest absolute Gasteiger partial charge is 0.304 e. The summed E-state index contributed by atoms with van der Waals surface area (Å²) in [5.41, 5.74) is 0. The predicted molar refractivity (Wildman–Crippen MR) is 70.6 cm³/mol. The molecule has 5 heteroatoms. The normalized spacial score (nSPS) is 36.2. The minimum absolute atomic E-state index is 0.231. The van der Waals surface area contributed by atoms with Gasteiger partial charge in [0.15, 0.2) is 0 Å². The maximum absolute atomic E-state index is 10.9. The molecule has 3 unspecified atom stereocenters. The van der Waals surface area contributed by atoms with Crippen LogP contribution in [0.25, 0.3) is 0 Å². The molecule has 2 fully saturated rings. The van der Waals surface area contributed by atoms with Crippen LogP contribution < -0.4 is 0 Å². The van der Waals surface area contributed by atoms with Crippen LogP contribution in [0, 0.1) is 0 Å². The molecule has 1 N–H and O–H groups in total. The van der Waals surface area contributed by atoms with Gasteiger partial charge in [0.2, 0.25) is 0 Å². The summed E-state index contributed by atoms with van der Waals surface area (Å²) in [6, 6.07) is 1.41. The van der Waals surface area contributed by atoms with Crippen LogP contribution >= 0.6 is 11.8 Å². The van der Waals surface area contributed by atoms with E-state index in [0.29, 0.717) is 18.5 Å². The number of aliphatic carboxylic acids is 1. The maximum Gasteiger partial charge on any atom is 0.304 e. The van der Waals surface area contributed by atoms with Gasteiger partial charge in [-0.15, -0.1) is 0 Å². The second-order valence-corrected chi connectivity index (χ2v) is 6.39. The Morgan fingerprint density at radius 3 is 2.88 bits per heavy atom. The van der Waals surface area contributed by atoms with Crippen molar-refractivity contribution in [3.05, 3.63) is 0 Å². The molecule has 3 atom stereocenters. The topological polar surface area (TPSA) is 43.8 Å². The molecule has 2 aliphatic heterocycles. The van der Waals surface area contributed by atoms with Crippen LogP contribution in [0.4, 0.5) is 0 Å². The fourth-order valence-corrected chi connectivity index (χ4v) is 4.01. The molecular formula is C12H22N2O2S. The number of hydrogen-bond donors (Lipinski definition) is 1. The van der Waals surface area contributed by atoms with Crippen LogP contribution in [0.5, 0.6) is 0 Å². The number of carbonyl (C=O) groups is 1. The summed E-state index contributed by atoms with van der Waals surface area (Å²) in [6.45, 7) is 4.39. The Bertz CT molecular complexity index is 278. The number of likely N-dealkylation sites (N-methyl/N-ethyl adjacent to an activating group) is 1. The molecule has 2 aliphatic rings. The zero-order valence-electron chi connectivity index (χ0n) is 10.6. The van der Waals surface area contributed by atoms with Gasteiger partial charge in [0.05, 0.1) is 6.42 Å². The largest absolute Gasteiger partial charge is 0.481 e. The first-order valence-corrected chi connectivity index (χ1v) is 7.49. The molecule has 2 rings (SSSR count). The second-order valence-electron chi connectivity index (χ2n) is 5.24. The van der Waals surface area contributed by atoms with Gasteiger partial charge < -0.3 is 10.0 Å². The summed E-state index contributed by atoms with van der Waals surface area (Å²) < 4.78 is 0. The monoisotopic (exact) mass is 258 g/mol. The van der Waals surface area contributed by atoms with Gasteiger partial charge in [-0.25, -0.2) is 0 Å². The number of rotatable bonds is 3. The molecule has 0 aromatic heterocycles. The average molecular weight is 258 g/mol. The van der Waals surface area contributed by atoms with E-state index in [4.69, 9.17) is 5.11 Å². The summed E-state index contributed by atoms with van der Waals surface area (Å²) in [6.07, 6.45) is 1.47. The maximum atomic E-state index is 10.9. The lowest BCUT2D eigenvalue weighted by Crippen LogP contribution is -2.50. The minimum atomic E-state index is -0.665. The van der Waals surface area contributed by atoms with Gasteiger partial charge in [-0.2, -0.15) is 11.8 Å². The van der Waals surface area contributed by atoms with Gasteiger partial charge in [0.1, 0.15) is 0 Å². The molecule has 0 amide bonds. The molecule has 0 aromatic carbocycles. The van der Waals surface area contributed by atoms with Gasteiger partial charge in [-0.3, -0.25) is 9.69 Å². The first-order chi connectivity index (χ1) is 8.08. The van der Waals surface area contributed by atoms with Crippen molar-refractivity contribution >= 4 is 17.7 Å². The van der Waals surface area contributed by atoms with E-state index in [0.717, 1.165) is 24.6 Å². The van der Waals surface area contributed by atoms with Gasteiger partial charge >= 0.3 is 5.97 Å². The molecule has 4 nitrogen and oxygen atoms in total. The molecule has 0 aromatic rings. The van der Waals surface area contributed by atoms with Crippen molar-refractivity contribution in [3.63, 3.8) is 0 Å². The van der Waals surface area contributed by atoms with Crippen molar-refractivity contribution in [2.75, 3.05) is 31.6 Å². The molecule has 2 heterocycles. The van der Waals surface area contributed by atoms with Crippen LogP contribution in [-0.4, -0.2) is 70.6 Å². The lowest BCUT2D eigenvalue weighted by Gasteiger charge is -2.38. The van der Waals surface area contributed by atoms with Crippen LogP contribution in [0.1, 0.15) is 19.8 Å². The molecule has 2 saturated heterocycles. The standard InChI is InChI=1S/C12H22N2O2S/c1-9-5-10(7-13(9)2)14-3-4-17-8-11(14)6-12(15)16/h9-11H,3-8H2,1-2H3,(H,15,16). The van der Waals surface area contributed by atoms with E-state index in [1.165, 1.54) is 6.42 Å². The quantitative estimate of drug-likeness (QED) is 0.817. The Labute approximate surface area is 107 Å². The van der Waals surface area contributed by atoms with Crippen molar-refractivity contribution in [2.24, 2.45) is 0 Å². The third kappa shape index (κ3) is 3.14. The molecule has 0 radical (unpaired) electrons. The fraction of sp³-hybridized carbons (Fsp3) is 0.917. The Balaban J connectivity index is 1.99. The SMILES string of the molecule is CC1CC(N2CCSCC2CC(=O)O)CN1C. The van der Waals surface area contributed by atoms with E-state index in [1.807, 2.05) is 11.8 Å². The molecule has 17 heavy (non-hydrogen) atoms. The Kier molecular flexibility index (Phi) is 4.33. The lowest BCUT2D eigenvalue weighted by molar-refractivity contribution is -0.138. The van der Waals surface area contributed by atoms with Crippen LogP contribution in [-0.2, 0) is 4.79 Å². The highest BCUT2D eigenvalue weighted by Gasteiger charge is 2.36. The predicted octanol–water partition coefficient (Wildman–Crippen LogP) is 0.971. The zero-order valence-corrected chi connectivity index (χ0v) is 11.4. The Morgan fingerprint density at radius 2 is 2.29 bits per heavy atom. The number of carboxylic acids is 1. The van der Waals surface area contributed by atoms with E-state index in [2.05, 4.69) is 23.8 Å². The first kappa shape index (κ1) is 13.2. The van der Waals surface area contributed by atoms with Gasteiger partial charge in [-0.05, 0) is 20.4 Å². The number of carboxylic acid groups (broad SMARTS) is 1. The van der Waals surface area contributed by atoms with E-state index >= 15 is 0 Å². The molecule has 0 spiro atoms. The van der Waals surface area contributed by atoms with Crippen molar-refractivity contribution in [3.8, 4) is 0 Å². The molecule has 0 saturated carbocycles. The van der Waals surface area contributed by atoms with Crippen LogP contribution in [0.15, 0.2) is 0 Å². The minimum Gasteiger partial charge on any atom is -0.481 e. The lowest BCUT2D eigenvalue weighted by atomic mass is 10.1. The number of thioether (sulfide) groups is 1. The summed E-state index contributed by atoms with van der Waals surface area (Å²) in [4.78, 5) is 15.7.